The molecule has 0 N–H and O–H groups in total. The third-order valence-corrected chi connectivity index (χ3v) is 1.65. The Morgan fingerprint density at radius 1 is 1.12 bits per heavy atom. The Balaban J connectivity index is 2.22. The minimum absolute atomic E-state index is 1.20. The summed E-state index contributed by atoms with van der Waals surface area (Å²) < 4.78 is 0. The van der Waals surface area contributed by atoms with Gasteiger partial charge in [-0.05, 0) is 19.6 Å². The molecular weight excluding hydrogens is 98.1 g/mol. The van der Waals surface area contributed by atoms with E-state index in [4.69, 9.17) is 0 Å². The lowest BCUT2D eigenvalue weighted by atomic mass is 9.96. The van der Waals surface area contributed by atoms with Gasteiger partial charge in [0, 0.05) is 0 Å². The molecule has 0 aromatic rings. The van der Waals surface area contributed by atoms with Crippen LogP contribution in [0.5, 0.6) is 0 Å². The standard InChI is InChI=1S/C7H12N/c1-8-7-5-3-2-4-6-7/h1-6H2. The predicted octanol–water partition coefficient (Wildman–Crippen LogP) is 2.18. The number of rotatable bonds is 1. The Kier molecular flexibility index (Phi) is 2.07. The van der Waals surface area contributed by atoms with E-state index in [-0.39, 0.29) is 0 Å². The normalized spacial score (nSPS) is 23.0. The van der Waals surface area contributed by atoms with Crippen LogP contribution >= 0.6 is 0 Å². The molecule has 1 rings (SSSR count). The highest BCUT2D eigenvalue weighted by molar-refractivity contribution is 5.26. The topological polar surface area (TPSA) is 12.4 Å². The second-order valence-corrected chi connectivity index (χ2v) is 2.29. The van der Waals surface area contributed by atoms with Gasteiger partial charge in [-0.25, -0.2) is 0 Å². The van der Waals surface area contributed by atoms with Crippen molar-refractivity contribution in [2.75, 3.05) is 0 Å². The average Bonchev–Trinajstić information content (AvgIpc) is 1.90. The minimum Gasteiger partial charge on any atom is -0.292 e. The molecule has 1 aliphatic carbocycles. The van der Waals surface area contributed by atoms with Crippen LogP contribution in [0.1, 0.15) is 32.1 Å². The summed E-state index contributed by atoms with van der Waals surface area (Å²) in [7, 11) is 0. The zero-order chi connectivity index (χ0) is 5.82. The van der Waals surface area contributed by atoms with Crippen LogP contribution in [0.15, 0.2) is 4.99 Å². The van der Waals surface area contributed by atoms with Crippen LogP contribution in [0.25, 0.3) is 0 Å². The van der Waals surface area contributed by atoms with Gasteiger partial charge in [-0.1, -0.05) is 19.3 Å². The molecule has 1 saturated carbocycles. The van der Waals surface area contributed by atoms with Gasteiger partial charge < -0.3 is 0 Å². The van der Waals surface area contributed by atoms with E-state index in [0.29, 0.717) is 0 Å². The highest BCUT2D eigenvalue weighted by Crippen LogP contribution is 2.25. The van der Waals surface area contributed by atoms with E-state index in [1.807, 2.05) is 0 Å². The van der Waals surface area contributed by atoms with Crippen molar-refractivity contribution in [2.24, 2.45) is 4.99 Å². The molecule has 1 fully saturated rings. The summed E-state index contributed by atoms with van der Waals surface area (Å²) in [6.45, 7) is 3.50. The van der Waals surface area contributed by atoms with Crippen LogP contribution in [0.4, 0.5) is 0 Å². The first-order valence-corrected chi connectivity index (χ1v) is 3.25. The minimum atomic E-state index is 1.20. The van der Waals surface area contributed by atoms with Crippen LogP contribution < -0.4 is 0 Å². The lowest BCUT2D eigenvalue weighted by Gasteiger charge is -2.14. The predicted molar refractivity (Wildman–Crippen MR) is 35.9 cm³/mol. The molecule has 0 heterocycles. The van der Waals surface area contributed by atoms with Crippen LogP contribution in [0.2, 0.25) is 0 Å². The van der Waals surface area contributed by atoms with E-state index in [9.17, 15) is 0 Å². The fourth-order valence-corrected chi connectivity index (χ4v) is 1.12. The molecule has 1 aliphatic rings. The number of hydrogen-bond donors (Lipinski definition) is 0. The molecule has 1 radical (unpaired) electrons. The molecule has 8 heavy (non-hydrogen) atoms. The first kappa shape index (κ1) is 5.80. The largest absolute Gasteiger partial charge is 0.292 e. The maximum absolute atomic E-state index is 3.91. The van der Waals surface area contributed by atoms with Crippen LogP contribution in [-0.4, -0.2) is 6.72 Å². The number of aliphatic imine (C=N–C) groups is 1. The summed E-state index contributed by atoms with van der Waals surface area (Å²) in [6, 6.07) is 1.32. The Morgan fingerprint density at radius 2 is 1.75 bits per heavy atom. The van der Waals surface area contributed by atoms with Gasteiger partial charge in [-0.2, -0.15) is 0 Å². The molecule has 0 bridgehead atoms. The fourth-order valence-electron chi connectivity index (χ4n) is 1.12. The molecule has 45 valence electrons. The Hall–Kier alpha value is -0.330. The monoisotopic (exact) mass is 110 g/mol. The van der Waals surface area contributed by atoms with E-state index in [1.165, 1.54) is 38.1 Å². The smallest absolute Gasteiger partial charge is 0.0851 e. The average molecular weight is 110 g/mol. The maximum atomic E-state index is 3.91. The van der Waals surface area contributed by atoms with E-state index >= 15 is 0 Å². The molecule has 0 aliphatic heterocycles. The van der Waals surface area contributed by atoms with Gasteiger partial charge in [0.2, 0.25) is 0 Å². The van der Waals surface area contributed by atoms with Gasteiger partial charge in [0.05, 0.1) is 6.04 Å². The van der Waals surface area contributed by atoms with Crippen molar-refractivity contribution in [1.82, 2.24) is 0 Å². The summed E-state index contributed by atoms with van der Waals surface area (Å²) in [5, 5.41) is 0. The van der Waals surface area contributed by atoms with Crippen molar-refractivity contribution in [3.8, 4) is 0 Å². The second-order valence-electron chi connectivity index (χ2n) is 2.29. The van der Waals surface area contributed by atoms with E-state index in [2.05, 4.69) is 11.7 Å². The molecule has 1 nitrogen and oxygen atoms in total. The van der Waals surface area contributed by atoms with Gasteiger partial charge in [0.25, 0.3) is 0 Å². The van der Waals surface area contributed by atoms with Gasteiger partial charge in [-0.3, -0.25) is 4.99 Å². The van der Waals surface area contributed by atoms with Crippen molar-refractivity contribution in [1.29, 1.82) is 0 Å². The lowest BCUT2D eigenvalue weighted by molar-refractivity contribution is 0.532. The molecule has 0 saturated heterocycles. The summed E-state index contributed by atoms with van der Waals surface area (Å²) in [5.74, 6) is 0. The number of hydrogen-bond acceptors (Lipinski definition) is 1. The molecule has 0 atom stereocenters. The molecule has 0 amide bonds. The van der Waals surface area contributed by atoms with Crippen LogP contribution in [0.3, 0.4) is 0 Å². The zero-order valence-corrected chi connectivity index (χ0v) is 5.19. The van der Waals surface area contributed by atoms with E-state index < -0.39 is 0 Å². The van der Waals surface area contributed by atoms with Crippen molar-refractivity contribution >= 4 is 6.72 Å². The van der Waals surface area contributed by atoms with E-state index in [1.54, 1.807) is 0 Å². The van der Waals surface area contributed by atoms with Gasteiger partial charge in [0.15, 0.2) is 0 Å². The van der Waals surface area contributed by atoms with Crippen molar-refractivity contribution in [2.45, 2.75) is 32.1 Å². The Bertz CT molecular complexity index is 72.5. The SMILES string of the molecule is C=N[C]1CCCCC1. The van der Waals surface area contributed by atoms with Gasteiger partial charge in [-0.15, -0.1) is 0 Å². The molecule has 0 unspecified atom stereocenters. The maximum Gasteiger partial charge on any atom is 0.0851 e. The lowest BCUT2D eigenvalue weighted by Crippen LogP contribution is -1.99. The first-order chi connectivity index (χ1) is 3.93. The zero-order valence-electron chi connectivity index (χ0n) is 5.19. The Morgan fingerprint density at radius 3 is 2.12 bits per heavy atom. The van der Waals surface area contributed by atoms with Gasteiger partial charge >= 0.3 is 0 Å². The van der Waals surface area contributed by atoms with Gasteiger partial charge in [0.1, 0.15) is 0 Å². The third-order valence-electron chi connectivity index (χ3n) is 1.65. The Labute approximate surface area is 50.8 Å². The molecule has 0 aromatic heterocycles. The highest BCUT2D eigenvalue weighted by atomic mass is 14.7. The third kappa shape index (κ3) is 1.32. The van der Waals surface area contributed by atoms with Crippen LogP contribution in [0, 0.1) is 6.04 Å². The molecular formula is C7H12N. The summed E-state index contributed by atoms with van der Waals surface area (Å²) in [6.07, 6.45) is 6.44. The summed E-state index contributed by atoms with van der Waals surface area (Å²) in [5.41, 5.74) is 0. The second kappa shape index (κ2) is 2.85. The molecule has 0 spiro atoms. The van der Waals surface area contributed by atoms with Crippen molar-refractivity contribution in [3.05, 3.63) is 6.04 Å². The van der Waals surface area contributed by atoms with Crippen LogP contribution in [-0.2, 0) is 0 Å². The fraction of sp³-hybridized carbons (Fsp3) is 0.714. The quantitative estimate of drug-likeness (QED) is 0.459. The van der Waals surface area contributed by atoms with Crippen molar-refractivity contribution < 1.29 is 0 Å². The van der Waals surface area contributed by atoms with Crippen molar-refractivity contribution in [3.63, 3.8) is 0 Å². The summed E-state index contributed by atoms with van der Waals surface area (Å²) in [4.78, 5) is 3.91. The number of nitrogens with zero attached hydrogens (tertiary/aromatic N) is 1. The first-order valence-electron chi connectivity index (χ1n) is 3.25. The molecule has 1 heteroatoms. The highest BCUT2D eigenvalue weighted by Gasteiger charge is 2.10. The van der Waals surface area contributed by atoms with E-state index in [0.717, 1.165) is 0 Å². The summed E-state index contributed by atoms with van der Waals surface area (Å²) >= 11 is 0. The molecule has 0 aromatic carbocycles.